The smallest absolute Gasteiger partial charge is 0.336 e. The summed E-state index contributed by atoms with van der Waals surface area (Å²) in [6.45, 7) is 8.06. The van der Waals surface area contributed by atoms with Gasteiger partial charge < -0.3 is 24.8 Å². The number of carboxylic acids is 2. The van der Waals surface area contributed by atoms with Gasteiger partial charge in [-0.3, -0.25) is 4.79 Å². The van der Waals surface area contributed by atoms with E-state index in [9.17, 15) is 27.6 Å². The Bertz CT molecular complexity index is 2480. The average molecular weight is 772 g/mol. The van der Waals surface area contributed by atoms with Crippen LogP contribution in [0.25, 0.3) is 4.85 Å². The second kappa shape index (κ2) is 17.7. The van der Waals surface area contributed by atoms with Crippen LogP contribution in [0.3, 0.4) is 0 Å². The van der Waals surface area contributed by atoms with Crippen molar-refractivity contribution in [3.63, 3.8) is 0 Å². The maximum Gasteiger partial charge on any atom is 0.336 e. The lowest BCUT2D eigenvalue weighted by Gasteiger charge is -2.11. The van der Waals surface area contributed by atoms with Crippen molar-refractivity contribution in [3.05, 3.63) is 217 Å². The van der Waals surface area contributed by atoms with Crippen molar-refractivity contribution < 1.29 is 52.3 Å². The summed E-state index contributed by atoms with van der Waals surface area (Å²) in [5.41, 5.74) is 7.00. The summed E-state index contributed by atoms with van der Waals surface area (Å²) in [4.78, 5) is 37.7. The first kappa shape index (κ1) is 39.8. The van der Waals surface area contributed by atoms with E-state index < -0.39 is 29.1 Å². The van der Waals surface area contributed by atoms with Gasteiger partial charge in [0.1, 0.15) is 29.7 Å². The molecule has 0 saturated heterocycles. The first-order valence-electron chi connectivity index (χ1n) is 17.3. The molecular weight excluding hydrogens is 739 g/mol. The first-order chi connectivity index (χ1) is 27.4. The first-order valence-corrected chi connectivity index (χ1v) is 17.3. The Kier molecular flexibility index (Phi) is 12.3. The fourth-order valence-electron chi connectivity index (χ4n) is 6.34. The monoisotopic (exact) mass is 771 g/mol. The third-order valence-corrected chi connectivity index (χ3v) is 9.22. The van der Waals surface area contributed by atoms with Gasteiger partial charge in [0.2, 0.25) is 0 Å². The van der Waals surface area contributed by atoms with Crippen LogP contribution in [0.2, 0.25) is 0 Å². The standard InChI is InChI=1S/C15H10FNO.C15H9FO5.C15H13FO2/c1-17-13-6-7-14-11(8-13)9-18-15(14)10-2-4-12(16)5-3-10;16-10-4-1-8(2-5-10)13(17)11-6-3-9(14(18)19)7-12(11)15(20)21;16-13-4-2-11(3-5-13)15-14-6-1-10(8-17)7-12(14)9-18-15/h2-8,15H,9H2;1-7H,(H,18,19)(H,20,21);1-7,15,17H,8-9H2. The van der Waals surface area contributed by atoms with E-state index in [0.29, 0.717) is 18.9 Å². The Morgan fingerprint density at radius 2 is 1.09 bits per heavy atom. The second-order valence-corrected chi connectivity index (χ2v) is 12.9. The number of carbonyl (C=O) groups excluding carboxylic acids is 1. The van der Waals surface area contributed by atoms with E-state index in [2.05, 4.69) is 4.85 Å². The van der Waals surface area contributed by atoms with Gasteiger partial charge in [-0.15, -0.1) is 0 Å². The molecule has 0 radical (unpaired) electrons. The summed E-state index contributed by atoms with van der Waals surface area (Å²) in [6, 6.07) is 31.9. The zero-order chi connectivity index (χ0) is 40.6. The fraction of sp³-hybridized carbons (Fsp3) is 0.111. The predicted octanol–water partition coefficient (Wildman–Crippen LogP) is 9.39. The fourth-order valence-corrected chi connectivity index (χ4v) is 6.34. The molecule has 8 rings (SSSR count). The number of ketones is 1. The lowest BCUT2D eigenvalue weighted by Crippen LogP contribution is -2.11. The number of carboxylic acid groups (broad SMARTS) is 2. The van der Waals surface area contributed by atoms with Crippen LogP contribution in [0.5, 0.6) is 0 Å². The molecule has 286 valence electrons. The maximum absolute atomic E-state index is 12.9. The molecule has 0 aromatic heterocycles. The number of aliphatic hydroxyl groups is 1. The number of rotatable bonds is 7. The van der Waals surface area contributed by atoms with Crippen LogP contribution in [0.4, 0.5) is 18.9 Å². The summed E-state index contributed by atoms with van der Waals surface area (Å²) in [5.74, 6) is -4.34. The minimum absolute atomic E-state index is 0.0362. The molecule has 0 fully saturated rings. The number of nitrogens with zero attached hydrogens (tertiary/aromatic N) is 1. The predicted molar refractivity (Wildman–Crippen MR) is 201 cm³/mol. The van der Waals surface area contributed by atoms with Crippen molar-refractivity contribution in [2.45, 2.75) is 32.0 Å². The van der Waals surface area contributed by atoms with E-state index in [4.69, 9.17) is 31.4 Å². The number of hydrogen-bond acceptors (Lipinski definition) is 6. The summed E-state index contributed by atoms with van der Waals surface area (Å²) >= 11 is 0. The molecule has 6 aromatic rings. The van der Waals surface area contributed by atoms with E-state index in [1.165, 1.54) is 36.4 Å². The van der Waals surface area contributed by atoms with Gasteiger partial charge in [-0.2, -0.15) is 0 Å². The Morgan fingerprint density at radius 3 is 1.58 bits per heavy atom. The molecule has 0 spiro atoms. The van der Waals surface area contributed by atoms with Gasteiger partial charge in [-0.25, -0.2) is 27.6 Å². The number of hydrogen-bond donors (Lipinski definition) is 3. The van der Waals surface area contributed by atoms with Crippen LogP contribution in [-0.4, -0.2) is 33.0 Å². The van der Waals surface area contributed by atoms with Crippen LogP contribution in [0.15, 0.2) is 127 Å². The van der Waals surface area contributed by atoms with Gasteiger partial charge in [0, 0.05) is 11.1 Å². The topological polar surface area (TPSA) is 135 Å². The number of ether oxygens (including phenoxy) is 2. The molecule has 0 amide bonds. The quantitative estimate of drug-likeness (QED) is 0.108. The van der Waals surface area contributed by atoms with Gasteiger partial charge in [0.05, 0.1) is 37.5 Å². The van der Waals surface area contributed by atoms with Gasteiger partial charge in [0.15, 0.2) is 11.5 Å². The molecule has 9 nitrogen and oxygen atoms in total. The molecule has 57 heavy (non-hydrogen) atoms. The normalized spacial score (nSPS) is 14.8. The van der Waals surface area contributed by atoms with Gasteiger partial charge >= 0.3 is 11.9 Å². The third kappa shape index (κ3) is 9.32. The maximum atomic E-state index is 12.9. The molecule has 2 heterocycles. The van der Waals surface area contributed by atoms with Gasteiger partial charge in [-0.05, 0) is 106 Å². The highest BCUT2D eigenvalue weighted by molar-refractivity contribution is 6.14. The highest BCUT2D eigenvalue weighted by Gasteiger charge is 2.26. The Hall–Kier alpha value is -6.91. The Balaban J connectivity index is 0.000000145. The SMILES string of the molecule is O=C(O)c1ccc(C(=O)c2ccc(F)cc2)c(C(=O)O)c1.OCc1ccc2c(c1)COC2c1ccc(F)cc1.[C-]#[N+]c1ccc2c(c1)COC2c1ccc(F)cc1. The van der Waals surface area contributed by atoms with Crippen molar-refractivity contribution in [2.24, 2.45) is 0 Å². The van der Waals surface area contributed by atoms with Gasteiger partial charge in [0.25, 0.3) is 0 Å². The number of fused-ring (bicyclic) bond motifs is 2. The zero-order valence-electron chi connectivity index (χ0n) is 29.9. The van der Waals surface area contributed by atoms with E-state index in [1.54, 1.807) is 30.3 Å². The Labute approximate surface area is 324 Å². The summed E-state index contributed by atoms with van der Waals surface area (Å²) in [5, 5.41) is 27.1. The minimum Gasteiger partial charge on any atom is -0.478 e. The summed E-state index contributed by atoms with van der Waals surface area (Å²) in [6.07, 6.45) is -0.284. The molecule has 2 unspecified atom stereocenters. The highest BCUT2D eigenvalue weighted by Crippen LogP contribution is 2.38. The second-order valence-electron chi connectivity index (χ2n) is 12.9. The van der Waals surface area contributed by atoms with Crippen LogP contribution in [0.1, 0.15) is 87.8 Å². The largest absolute Gasteiger partial charge is 0.478 e. The van der Waals surface area contributed by atoms with E-state index in [0.717, 1.165) is 69.3 Å². The van der Waals surface area contributed by atoms with E-state index >= 15 is 0 Å². The number of benzene rings is 6. The van der Waals surface area contributed by atoms with Crippen LogP contribution in [-0.2, 0) is 29.3 Å². The lowest BCUT2D eigenvalue weighted by molar-refractivity contribution is 0.0692. The van der Waals surface area contributed by atoms with Crippen molar-refractivity contribution in [1.82, 2.24) is 0 Å². The minimum atomic E-state index is -1.41. The summed E-state index contributed by atoms with van der Waals surface area (Å²) in [7, 11) is 0. The van der Waals surface area contributed by atoms with Crippen molar-refractivity contribution in [3.8, 4) is 0 Å². The van der Waals surface area contributed by atoms with E-state index in [-0.39, 0.29) is 47.1 Å². The molecule has 0 saturated carbocycles. The van der Waals surface area contributed by atoms with Crippen molar-refractivity contribution >= 4 is 23.4 Å². The molecule has 0 bridgehead atoms. The number of aromatic carboxylic acids is 2. The molecular formula is C45H32F3NO8. The molecule has 12 heteroatoms. The molecule has 2 atom stereocenters. The molecule has 6 aromatic carbocycles. The molecule has 2 aliphatic heterocycles. The highest BCUT2D eigenvalue weighted by atomic mass is 19.1. The zero-order valence-corrected chi connectivity index (χ0v) is 29.9. The molecule has 0 aliphatic carbocycles. The average Bonchev–Trinajstić information content (AvgIpc) is 3.85. The van der Waals surface area contributed by atoms with E-state index in [1.807, 2.05) is 30.3 Å². The number of carbonyl (C=O) groups is 3. The summed E-state index contributed by atoms with van der Waals surface area (Å²) < 4.78 is 50.1. The van der Waals surface area contributed by atoms with Crippen LogP contribution >= 0.6 is 0 Å². The lowest BCUT2D eigenvalue weighted by atomic mass is 9.96. The number of halogens is 3. The third-order valence-electron chi connectivity index (χ3n) is 9.22. The molecule has 2 aliphatic rings. The molecule has 3 N–H and O–H groups in total. The Morgan fingerprint density at radius 1 is 0.596 bits per heavy atom. The van der Waals surface area contributed by atoms with Crippen LogP contribution < -0.4 is 0 Å². The number of aliphatic hydroxyl groups excluding tert-OH is 1. The van der Waals surface area contributed by atoms with Crippen LogP contribution in [0, 0.1) is 24.0 Å². The van der Waals surface area contributed by atoms with Gasteiger partial charge in [-0.1, -0.05) is 60.7 Å². The van der Waals surface area contributed by atoms with Crippen molar-refractivity contribution in [1.29, 1.82) is 0 Å². The van der Waals surface area contributed by atoms with Crippen molar-refractivity contribution in [2.75, 3.05) is 0 Å².